The highest BCUT2D eigenvalue weighted by atomic mass is 32.2. The highest BCUT2D eigenvalue weighted by Gasteiger charge is 2.19. The maximum absolute atomic E-state index is 10.7. The first kappa shape index (κ1) is 12.2. The zero-order valence-electron chi connectivity index (χ0n) is 9.80. The summed E-state index contributed by atoms with van der Waals surface area (Å²) in [6.07, 6.45) is 3.76. The predicted octanol–water partition coefficient (Wildman–Crippen LogP) is 2.11. The second kappa shape index (κ2) is 5.40. The summed E-state index contributed by atoms with van der Waals surface area (Å²) in [6, 6.07) is 3.92. The molecular weight excluding hydrogens is 236 g/mol. The van der Waals surface area contributed by atoms with Crippen LogP contribution in [0.1, 0.15) is 23.2 Å². The van der Waals surface area contributed by atoms with Crippen LogP contribution < -0.4 is 4.90 Å². The van der Waals surface area contributed by atoms with E-state index in [9.17, 15) is 4.79 Å². The summed E-state index contributed by atoms with van der Waals surface area (Å²) < 4.78 is 0. The van der Waals surface area contributed by atoms with Crippen LogP contribution in [-0.4, -0.2) is 40.7 Å². The molecular formula is C12H16N2O2S. The van der Waals surface area contributed by atoms with Gasteiger partial charge in [-0.3, -0.25) is 0 Å². The van der Waals surface area contributed by atoms with Crippen LogP contribution in [0.5, 0.6) is 0 Å². The van der Waals surface area contributed by atoms with Gasteiger partial charge in [-0.15, -0.1) is 0 Å². The van der Waals surface area contributed by atoms with Crippen molar-refractivity contribution in [3.05, 3.63) is 23.9 Å². The number of anilines is 1. The minimum absolute atomic E-state index is 0.237. The molecule has 1 aliphatic rings. The number of rotatable bonds is 3. The van der Waals surface area contributed by atoms with Crippen LogP contribution in [0.4, 0.5) is 5.82 Å². The summed E-state index contributed by atoms with van der Waals surface area (Å²) in [6.45, 7) is 0. The lowest BCUT2D eigenvalue weighted by Gasteiger charge is -2.31. The lowest BCUT2D eigenvalue weighted by Crippen LogP contribution is -2.35. The minimum Gasteiger partial charge on any atom is -0.478 e. The Kier molecular flexibility index (Phi) is 3.89. The number of hydrogen-bond acceptors (Lipinski definition) is 4. The Labute approximate surface area is 105 Å². The van der Waals surface area contributed by atoms with Gasteiger partial charge in [-0.05, 0) is 36.5 Å². The molecule has 1 aromatic rings. The van der Waals surface area contributed by atoms with Crippen LogP contribution in [0.2, 0.25) is 0 Å². The number of hydrogen-bond donors (Lipinski definition) is 1. The molecule has 1 saturated heterocycles. The third-order valence-electron chi connectivity index (χ3n) is 3.09. The second-order valence-corrected chi connectivity index (χ2v) is 5.39. The minimum atomic E-state index is -0.930. The fraction of sp³-hybridized carbons (Fsp3) is 0.500. The number of aromatic carboxylic acids is 1. The number of nitrogens with zero attached hydrogens (tertiary/aromatic N) is 2. The Hall–Kier alpha value is -1.23. The molecule has 0 saturated carbocycles. The van der Waals surface area contributed by atoms with Gasteiger partial charge >= 0.3 is 5.97 Å². The molecule has 0 amide bonds. The topological polar surface area (TPSA) is 53.4 Å². The normalized spacial score (nSPS) is 16.8. The Balaban J connectivity index is 2.07. The van der Waals surface area contributed by atoms with Crippen LogP contribution in [0.25, 0.3) is 0 Å². The van der Waals surface area contributed by atoms with E-state index in [1.807, 2.05) is 18.8 Å². The first-order valence-corrected chi connectivity index (χ1v) is 6.84. The van der Waals surface area contributed by atoms with E-state index in [-0.39, 0.29) is 5.56 Å². The van der Waals surface area contributed by atoms with Crippen LogP contribution in [-0.2, 0) is 0 Å². The Bertz CT molecular complexity index is 388. The molecule has 0 bridgehead atoms. The first-order chi connectivity index (χ1) is 8.18. The number of carboxylic acids is 1. The molecule has 1 aliphatic heterocycles. The van der Waals surface area contributed by atoms with Crippen LogP contribution >= 0.6 is 11.8 Å². The smallest absolute Gasteiger partial charge is 0.337 e. The van der Waals surface area contributed by atoms with E-state index < -0.39 is 5.97 Å². The largest absolute Gasteiger partial charge is 0.478 e. The van der Waals surface area contributed by atoms with Gasteiger partial charge in [0.15, 0.2) is 0 Å². The first-order valence-electron chi connectivity index (χ1n) is 5.68. The number of pyridine rings is 1. The van der Waals surface area contributed by atoms with E-state index in [0.29, 0.717) is 6.04 Å². The maximum Gasteiger partial charge on any atom is 0.337 e. The average molecular weight is 252 g/mol. The molecule has 0 aromatic carbocycles. The van der Waals surface area contributed by atoms with Crippen molar-refractivity contribution in [3.8, 4) is 0 Å². The molecule has 0 aliphatic carbocycles. The van der Waals surface area contributed by atoms with Gasteiger partial charge < -0.3 is 10.0 Å². The molecule has 2 heterocycles. The van der Waals surface area contributed by atoms with Gasteiger partial charge in [-0.25, -0.2) is 9.78 Å². The number of carboxylic acid groups (broad SMARTS) is 1. The zero-order chi connectivity index (χ0) is 12.3. The van der Waals surface area contributed by atoms with Gasteiger partial charge in [0.25, 0.3) is 0 Å². The summed E-state index contributed by atoms with van der Waals surface area (Å²) in [5.74, 6) is 2.32. The van der Waals surface area contributed by atoms with Gasteiger partial charge in [0.2, 0.25) is 0 Å². The van der Waals surface area contributed by atoms with Crippen LogP contribution in [0, 0.1) is 0 Å². The van der Waals surface area contributed by atoms with Gasteiger partial charge in [0.05, 0.1) is 5.56 Å². The molecule has 17 heavy (non-hydrogen) atoms. The molecule has 0 unspecified atom stereocenters. The molecule has 2 rings (SSSR count). The third kappa shape index (κ3) is 2.91. The lowest BCUT2D eigenvalue weighted by atomic mass is 10.1. The van der Waals surface area contributed by atoms with Crippen molar-refractivity contribution in [2.24, 2.45) is 0 Å². The fourth-order valence-corrected chi connectivity index (χ4v) is 3.06. The molecule has 1 aromatic heterocycles. The molecule has 5 heteroatoms. The third-order valence-corrected chi connectivity index (χ3v) is 4.14. The highest BCUT2D eigenvalue weighted by molar-refractivity contribution is 7.99. The van der Waals surface area contributed by atoms with Crippen molar-refractivity contribution >= 4 is 23.5 Å². The second-order valence-electron chi connectivity index (χ2n) is 4.16. The van der Waals surface area contributed by atoms with Crippen LogP contribution in [0.3, 0.4) is 0 Å². The fourth-order valence-electron chi connectivity index (χ4n) is 1.98. The van der Waals surface area contributed by atoms with Gasteiger partial charge in [0.1, 0.15) is 5.82 Å². The van der Waals surface area contributed by atoms with E-state index in [1.165, 1.54) is 30.5 Å². The monoisotopic (exact) mass is 252 g/mol. The quantitative estimate of drug-likeness (QED) is 0.893. The van der Waals surface area contributed by atoms with Gasteiger partial charge in [-0.2, -0.15) is 11.8 Å². The summed E-state index contributed by atoms with van der Waals surface area (Å²) >= 11 is 1.99. The van der Waals surface area contributed by atoms with E-state index in [4.69, 9.17) is 5.11 Å². The molecule has 92 valence electrons. The van der Waals surface area contributed by atoms with E-state index in [1.54, 1.807) is 12.1 Å². The van der Waals surface area contributed by atoms with Gasteiger partial charge in [-0.1, -0.05) is 0 Å². The molecule has 0 spiro atoms. The van der Waals surface area contributed by atoms with E-state index in [0.717, 1.165) is 5.82 Å². The summed E-state index contributed by atoms with van der Waals surface area (Å²) in [5, 5.41) is 8.81. The SMILES string of the molecule is CN(c1ccc(C(=O)O)cn1)C1CCSCC1. The van der Waals surface area contributed by atoms with E-state index in [2.05, 4.69) is 9.88 Å². The number of thioether (sulfide) groups is 1. The molecule has 1 N–H and O–H groups in total. The van der Waals surface area contributed by atoms with Crippen molar-refractivity contribution in [1.29, 1.82) is 0 Å². The highest BCUT2D eigenvalue weighted by Crippen LogP contribution is 2.24. The summed E-state index contributed by atoms with van der Waals surface area (Å²) in [4.78, 5) is 17.1. The van der Waals surface area contributed by atoms with Crippen molar-refractivity contribution in [2.75, 3.05) is 23.5 Å². The lowest BCUT2D eigenvalue weighted by molar-refractivity contribution is 0.0696. The molecule has 0 radical (unpaired) electrons. The standard InChI is InChI=1S/C12H16N2O2S/c1-14(10-4-6-17-7-5-10)11-3-2-9(8-13-11)12(15)16/h2-3,8,10H,4-7H2,1H3,(H,15,16). The van der Waals surface area contributed by atoms with Crippen molar-refractivity contribution in [1.82, 2.24) is 4.98 Å². The average Bonchev–Trinajstić information content (AvgIpc) is 2.39. The zero-order valence-corrected chi connectivity index (χ0v) is 10.6. The van der Waals surface area contributed by atoms with Gasteiger partial charge in [0, 0.05) is 19.3 Å². The Morgan fingerprint density at radius 2 is 2.18 bits per heavy atom. The molecule has 1 fully saturated rings. The van der Waals surface area contributed by atoms with E-state index >= 15 is 0 Å². The summed E-state index contributed by atoms with van der Waals surface area (Å²) in [7, 11) is 2.03. The summed E-state index contributed by atoms with van der Waals surface area (Å²) in [5.41, 5.74) is 0.237. The van der Waals surface area contributed by atoms with Crippen molar-refractivity contribution < 1.29 is 9.90 Å². The maximum atomic E-state index is 10.7. The predicted molar refractivity (Wildman–Crippen MR) is 69.9 cm³/mol. The Morgan fingerprint density at radius 3 is 2.71 bits per heavy atom. The number of aromatic nitrogens is 1. The van der Waals surface area contributed by atoms with Crippen molar-refractivity contribution in [3.63, 3.8) is 0 Å². The van der Waals surface area contributed by atoms with Crippen molar-refractivity contribution in [2.45, 2.75) is 18.9 Å². The molecule has 0 atom stereocenters. The Morgan fingerprint density at radius 1 is 1.47 bits per heavy atom. The number of carbonyl (C=O) groups is 1. The molecule has 4 nitrogen and oxygen atoms in total. The van der Waals surface area contributed by atoms with Crippen LogP contribution in [0.15, 0.2) is 18.3 Å².